The Morgan fingerprint density at radius 2 is 2.33 bits per heavy atom. The lowest BCUT2D eigenvalue weighted by Crippen LogP contribution is -2.37. The van der Waals surface area contributed by atoms with E-state index < -0.39 is 5.67 Å². The number of piperidine rings is 1. The third-order valence-electron chi connectivity index (χ3n) is 1.60. The molecule has 0 aliphatic carbocycles. The van der Waals surface area contributed by atoms with Gasteiger partial charge in [0.05, 0.1) is 0 Å². The lowest BCUT2D eigenvalue weighted by atomic mass is 9.99. The molecule has 1 atom stereocenters. The van der Waals surface area contributed by atoms with Gasteiger partial charge in [0, 0.05) is 36.0 Å². The van der Waals surface area contributed by atoms with E-state index in [1.807, 2.05) is 3.11 Å². The maximum atomic E-state index is 13.1. The topological polar surface area (TPSA) is 3.24 Å². The molecule has 0 unspecified atom stereocenters. The summed E-state index contributed by atoms with van der Waals surface area (Å²) in [5.41, 5.74) is -0.931. The van der Waals surface area contributed by atoms with Crippen LogP contribution in [0.25, 0.3) is 0 Å². The van der Waals surface area contributed by atoms with Crippen LogP contribution in [0.3, 0.4) is 0 Å². The van der Waals surface area contributed by atoms with Gasteiger partial charge in [-0.3, -0.25) is 0 Å². The summed E-state index contributed by atoms with van der Waals surface area (Å²) in [7, 11) is 0. The van der Waals surface area contributed by atoms with Crippen LogP contribution in [0.15, 0.2) is 0 Å². The van der Waals surface area contributed by atoms with Crippen molar-refractivity contribution in [3.05, 3.63) is 0 Å². The van der Waals surface area contributed by atoms with Crippen LogP contribution in [0.5, 0.6) is 0 Å². The summed E-state index contributed by atoms with van der Waals surface area (Å²) in [5.74, 6) is 0. The maximum Gasteiger partial charge on any atom is 0.121 e. The molecule has 1 aliphatic heterocycles. The van der Waals surface area contributed by atoms with E-state index in [4.69, 9.17) is 0 Å². The molecule has 0 aromatic heterocycles. The molecule has 0 aromatic carbocycles. The fourth-order valence-corrected chi connectivity index (χ4v) is 2.19. The molecule has 54 valence electrons. The molecule has 1 nitrogen and oxygen atoms in total. The predicted molar refractivity (Wildman–Crippen MR) is 44.3 cm³/mol. The Bertz CT molecular complexity index is 105. The zero-order valence-corrected chi connectivity index (χ0v) is 7.69. The largest absolute Gasteiger partial charge is 0.244 e. The summed E-state index contributed by atoms with van der Waals surface area (Å²) in [5, 5.41) is 0. The van der Waals surface area contributed by atoms with Crippen molar-refractivity contribution in [3.8, 4) is 0 Å². The molecule has 1 fully saturated rings. The van der Waals surface area contributed by atoms with Crippen molar-refractivity contribution in [1.82, 2.24) is 3.11 Å². The highest BCUT2D eigenvalue weighted by Crippen LogP contribution is 2.25. The Morgan fingerprint density at radius 3 is 2.67 bits per heavy atom. The number of nitrogens with zero attached hydrogens (tertiary/aromatic N) is 1. The Labute approximate surface area is 69.1 Å². The van der Waals surface area contributed by atoms with E-state index in [2.05, 4.69) is 22.9 Å². The molecule has 0 N–H and O–H groups in total. The van der Waals surface area contributed by atoms with Gasteiger partial charge in [-0.25, -0.2) is 7.50 Å². The van der Waals surface area contributed by atoms with Gasteiger partial charge in [-0.1, -0.05) is 0 Å². The molecule has 0 radical (unpaired) electrons. The smallest absolute Gasteiger partial charge is 0.121 e. The van der Waals surface area contributed by atoms with Crippen molar-refractivity contribution in [2.75, 3.05) is 13.1 Å². The first-order valence-corrected chi connectivity index (χ1v) is 4.16. The van der Waals surface area contributed by atoms with E-state index in [1.54, 1.807) is 6.92 Å². The molecular weight excluding hydrogens is 232 g/mol. The Balaban J connectivity index is 2.41. The van der Waals surface area contributed by atoms with Crippen LogP contribution in [0.2, 0.25) is 0 Å². The van der Waals surface area contributed by atoms with E-state index in [9.17, 15) is 4.39 Å². The molecule has 0 saturated carbocycles. The van der Waals surface area contributed by atoms with Crippen molar-refractivity contribution in [2.45, 2.75) is 25.4 Å². The van der Waals surface area contributed by atoms with Crippen LogP contribution in [0.1, 0.15) is 19.8 Å². The minimum Gasteiger partial charge on any atom is -0.244 e. The van der Waals surface area contributed by atoms with Crippen LogP contribution < -0.4 is 0 Å². The van der Waals surface area contributed by atoms with Gasteiger partial charge in [-0.15, -0.1) is 0 Å². The van der Waals surface area contributed by atoms with Crippen molar-refractivity contribution < 1.29 is 4.39 Å². The Morgan fingerprint density at radius 1 is 1.67 bits per heavy atom. The van der Waals surface area contributed by atoms with Gasteiger partial charge in [-0.2, -0.15) is 0 Å². The minimum atomic E-state index is -0.931. The van der Waals surface area contributed by atoms with Gasteiger partial charge < -0.3 is 0 Å². The second-order valence-corrected chi connectivity index (χ2v) is 4.23. The number of hydrogen-bond donors (Lipinski definition) is 0. The number of halogens is 2. The number of rotatable bonds is 0. The predicted octanol–water partition coefficient (Wildman–Crippen LogP) is 2.16. The van der Waals surface area contributed by atoms with Gasteiger partial charge >= 0.3 is 0 Å². The summed E-state index contributed by atoms with van der Waals surface area (Å²) in [6.07, 6.45) is 1.72. The van der Waals surface area contributed by atoms with E-state index in [-0.39, 0.29) is 0 Å². The number of alkyl halides is 1. The van der Waals surface area contributed by atoms with Crippen molar-refractivity contribution in [3.63, 3.8) is 0 Å². The molecule has 0 spiro atoms. The van der Waals surface area contributed by atoms with Crippen LogP contribution >= 0.6 is 22.9 Å². The molecule has 1 rings (SSSR count). The Hall–Kier alpha value is 0.620. The van der Waals surface area contributed by atoms with Crippen LogP contribution in [-0.4, -0.2) is 21.9 Å². The molecule has 1 heterocycles. The van der Waals surface area contributed by atoms with E-state index in [1.165, 1.54) is 0 Å². The first-order chi connectivity index (χ1) is 4.10. The molecule has 0 bridgehead atoms. The molecular formula is C6H11FIN. The fourth-order valence-electron chi connectivity index (χ4n) is 1.14. The van der Waals surface area contributed by atoms with Gasteiger partial charge in [-0.05, 0) is 19.8 Å². The fraction of sp³-hybridized carbons (Fsp3) is 1.00. The van der Waals surface area contributed by atoms with Crippen LogP contribution in [-0.2, 0) is 0 Å². The normalized spacial score (nSPS) is 39.0. The van der Waals surface area contributed by atoms with Crippen molar-refractivity contribution >= 4 is 22.9 Å². The molecule has 9 heavy (non-hydrogen) atoms. The van der Waals surface area contributed by atoms with E-state index in [0.29, 0.717) is 6.54 Å². The first kappa shape index (κ1) is 7.72. The van der Waals surface area contributed by atoms with Gasteiger partial charge in [0.2, 0.25) is 0 Å². The average Bonchev–Trinajstić information content (AvgIpc) is 1.60. The molecule has 1 saturated heterocycles. The lowest BCUT2D eigenvalue weighted by molar-refractivity contribution is 0.115. The third kappa shape index (κ3) is 2.37. The van der Waals surface area contributed by atoms with Crippen molar-refractivity contribution in [1.29, 1.82) is 0 Å². The zero-order valence-electron chi connectivity index (χ0n) is 5.53. The van der Waals surface area contributed by atoms with E-state index >= 15 is 0 Å². The standard InChI is InChI=1S/C6H11FIN/c1-6(7)3-2-4-9(8)5-6/h2-5H2,1H3/t6-/m1/s1. The highest BCUT2D eigenvalue weighted by atomic mass is 127. The summed E-state index contributed by atoms with van der Waals surface area (Å²) >= 11 is 2.18. The highest BCUT2D eigenvalue weighted by Gasteiger charge is 2.29. The highest BCUT2D eigenvalue weighted by molar-refractivity contribution is 14.1. The maximum absolute atomic E-state index is 13.1. The molecule has 0 amide bonds. The summed E-state index contributed by atoms with van der Waals surface area (Å²) < 4.78 is 15.1. The molecule has 0 aromatic rings. The zero-order chi connectivity index (χ0) is 6.91. The molecule has 1 aliphatic rings. The van der Waals surface area contributed by atoms with E-state index in [0.717, 1.165) is 19.4 Å². The SMILES string of the molecule is C[C@@]1(F)CCCN(I)C1. The Kier molecular flexibility index (Phi) is 2.32. The summed E-state index contributed by atoms with van der Waals surface area (Å²) in [4.78, 5) is 0. The van der Waals surface area contributed by atoms with Crippen molar-refractivity contribution in [2.24, 2.45) is 0 Å². The monoisotopic (exact) mass is 243 g/mol. The average molecular weight is 243 g/mol. The van der Waals surface area contributed by atoms with Crippen LogP contribution in [0, 0.1) is 0 Å². The quantitative estimate of drug-likeness (QED) is 0.465. The first-order valence-electron chi connectivity index (χ1n) is 3.20. The van der Waals surface area contributed by atoms with Gasteiger partial charge in [0.15, 0.2) is 0 Å². The number of hydrogen-bond acceptors (Lipinski definition) is 1. The lowest BCUT2D eigenvalue weighted by Gasteiger charge is -2.30. The van der Waals surface area contributed by atoms with Gasteiger partial charge in [0.1, 0.15) is 5.67 Å². The third-order valence-corrected chi connectivity index (χ3v) is 2.42. The minimum absolute atomic E-state index is 0.591. The summed E-state index contributed by atoms with van der Waals surface area (Å²) in [6.45, 7) is 3.31. The van der Waals surface area contributed by atoms with Crippen LogP contribution in [0.4, 0.5) is 4.39 Å². The molecule has 3 heteroatoms. The second kappa shape index (κ2) is 2.70. The summed E-state index contributed by atoms with van der Waals surface area (Å²) in [6, 6.07) is 0. The second-order valence-electron chi connectivity index (χ2n) is 2.86. The van der Waals surface area contributed by atoms with Gasteiger partial charge in [0.25, 0.3) is 0 Å².